The summed E-state index contributed by atoms with van der Waals surface area (Å²) in [4.78, 5) is 0. The second-order valence-corrected chi connectivity index (χ2v) is 7.07. The molecular formula is C12H16N4O2S. The average Bonchev–Trinajstić information content (AvgIpc) is 2.33. The van der Waals surface area contributed by atoms with Crippen LogP contribution in [0.1, 0.15) is 29.7 Å². The summed E-state index contributed by atoms with van der Waals surface area (Å²) in [6.07, 6.45) is 1.40. The quantitative estimate of drug-likeness (QED) is 0.866. The molecule has 19 heavy (non-hydrogen) atoms. The molecule has 1 unspecified atom stereocenters. The second kappa shape index (κ2) is 5.13. The van der Waals surface area contributed by atoms with Gasteiger partial charge in [-0.05, 0) is 32.3 Å². The third kappa shape index (κ3) is 3.01. The van der Waals surface area contributed by atoms with Gasteiger partial charge in [-0.25, -0.2) is 8.42 Å². The number of anilines is 1. The topological polar surface area (TPSA) is 95.7 Å². The summed E-state index contributed by atoms with van der Waals surface area (Å²) >= 11 is 0. The SMILES string of the molecule is Cc1nnc(NC2CCCS(=O)(=O)C2)c(C#N)c1C. The van der Waals surface area contributed by atoms with Gasteiger partial charge in [-0.15, -0.1) is 5.10 Å². The summed E-state index contributed by atoms with van der Waals surface area (Å²) in [5, 5.41) is 20.2. The first-order valence-electron chi connectivity index (χ1n) is 6.14. The van der Waals surface area contributed by atoms with Crippen LogP contribution in [-0.4, -0.2) is 36.2 Å². The fourth-order valence-electron chi connectivity index (χ4n) is 2.18. The summed E-state index contributed by atoms with van der Waals surface area (Å²) in [6, 6.07) is 1.91. The van der Waals surface area contributed by atoms with Crippen LogP contribution in [0.2, 0.25) is 0 Å². The van der Waals surface area contributed by atoms with Crippen LogP contribution in [0.4, 0.5) is 5.82 Å². The van der Waals surface area contributed by atoms with Crippen molar-refractivity contribution in [3.8, 4) is 6.07 Å². The van der Waals surface area contributed by atoms with Crippen molar-refractivity contribution in [3.63, 3.8) is 0 Å². The van der Waals surface area contributed by atoms with Crippen LogP contribution in [0.5, 0.6) is 0 Å². The summed E-state index contributed by atoms with van der Waals surface area (Å²) in [5.74, 6) is 0.717. The van der Waals surface area contributed by atoms with Gasteiger partial charge in [-0.1, -0.05) is 0 Å². The summed E-state index contributed by atoms with van der Waals surface area (Å²) in [5.41, 5.74) is 1.92. The predicted molar refractivity (Wildman–Crippen MR) is 71.5 cm³/mol. The zero-order chi connectivity index (χ0) is 14.0. The van der Waals surface area contributed by atoms with Crippen molar-refractivity contribution < 1.29 is 8.42 Å². The summed E-state index contributed by atoms with van der Waals surface area (Å²) in [7, 11) is -2.98. The van der Waals surface area contributed by atoms with Gasteiger partial charge in [0, 0.05) is 6.04 Å². The van der Waals surface area contributed by atoms with E-state index in [0.29, 0.717) is 23.5 Å². The van der Waals surface area contributed by atoms with Crippen LogP contribution < -0.4 is 5.32 Å². The Balaban J connectivity index is 2.25. The van der Waals surface area contributed by atoms with Gasteiger partial charge in [0.1, 0.15) is 11.6 Å². The lowest BCUT2D eigenvalue weighted by atomic mass is 10.1. The number of sulfone groups is 1. The van der Waals surface area contributed by atoms with Gasteiger partial charge in [0.15, 0.2) is 15.7 Å². The minimum atomic E-state index is -2.98. The number of hydrogen-bond acceptors (Lipinski definition) is 6. The molecule has 0 bridgehead atoms. The van der Waals surface area contributed by atoms with Crippen molar-refractivity contribution in [2.45, 2.75) is 32.7 Å². The van der Waals surface area contributed by atoms with Crippen molar-refractivity contribution in [2.24, 2.45) is 0 Å². The van der Waals surface area contributed by atoms with Crippen molar-refractivity contribution in [2.75, 3.05) is 16.8 Å². The molecule has 1 atom stereocenters. The Morgan fingerprint density at radius 3 is 2.74 bits per heavy atom. The van der Waals surface area contributed by atoms with Gasteiger partial charge in [0.2, 0.25) is 0 Å². The van der Waals surface area contributed by atoms with E-state index in [9.17, 15) is 13.7 Å². The molecule has 2 heterocycles. The van der Waals surface area contributed by atoms with Crippen LogP contribution in [-0.2, 0) is 9.84 Å². The highest BCUT2D eigenvalue weighted by molar-refractivity contribution is 7.91. The van der Waals surface area contributed by atoms with E-state index in [2.05, 4.69) is 21.6 Å². The Bertz CT molecular complexity index is 634. The number of rotatable bonds is 2. The summed E-state index contributed by atoms with van der Waals surface area (Å²) in [6.45, 7) is 3.60. The number of nitrogens with one attached hydrogen (secondary N) is 1. The van der Waals surface area contributed by atoms with Crippen LogP contribution in [0.25, 0.3) is 0 Å². The normalized spacial score (nSPS) is 21.6. The smallest absolute Gasteiger partial charge is 0.167 e. The van der Waals surface area contributed by atoms with Gasteiger partial charge in [0.05, 0.1) is 17.2 Å². The first kappa shape index (κ1) is 13.7. The molecule has 6 nitrogen and oxygen atoms in total. The van der Waals surface area contributed by atoms with Crippen LogP contribution in [0, 0.1) is 25.2 Å². The maximum Gasteiger partial charge on any atom is 0.167 e. The van der Waals surface area contributed by atoms with Crippen LogP contribution >= 0.6 is 0 Å². The van der Waals surface area contributed by atoms with E-state index in [-0.39, 0.29) is 17.5 Å². The monoisotopic (exact) mass is 280 g/mol. The Hall–Kier alpha value is -1.68. The number of aromatic nitrogens is 2. The Morgan fingerprint density at radius 2 is 2.11 bits per heavy atom. The number of nitriles is 1. The number of aryl methyl sites for hydroxylation is 1. The van der Waals surface area contributed by atoms with Crippen LogP contribution in [0.15, 0.2) is 0 Å². The lowest BCUT2D eigenvalue weighted by molar-refractivity contribution is 0.561. The fourth-order valence-corrected chi connectivity index (χ4v) is 3.81. The molecule has 1 aromatic rings. The molecule has 7 heteroatoms. The highest BCUT2D eigenvalue weighted by atomic mass is 32.2. The van der Waals surface area contributed by atoms with E-state index < -0.39 is 9.84 Å². The molecule has 0 radical (unpaired) electrons. The standard InChI is InChI=1S/C12H16N4O2S/c1-8-9(2)15-16-12(11(8)6-13)14-10-4-3-5-19(17,18)7-10/h10H,3-5,7H2,1-2H3,(H,14,16). The van der Waals surface area contributed by atoms with Crippen molar-refractivity contribution >= 4 is 15.7 Å². The molecule has 1 saturated heterocycles. The molecule has 0 saturated carbocycles. The van der Waals surface area contributed by atoms with Gasteiger partial charge in [-0.3, -0.25) is 0 Å². The highest BCUT2D eigenvalue weighted by Gasteiger charge is 2.26. The maximum atomic E-state index is 11.6. The van der Waals surface area contributed by atoms with Gasteiger partial charge < -0.3 is 5.32 Å². The lowest BCUT2D eigenvalue weighted by Crippen LogP contribution is -2.35. The van der Waals surface area contributed by atoms with E-state index in [4.69, 9.17) is 0 Å². The van der Waals surface area contributed by atoms with Crippen molar-refractivity contribution in [1.82, 2.24) is 10.2 Å². The first-order chi connectivity index (χ1) is 8.93. The molecule has 0 aromatic carbocycles. The molecule has 1 N–H and O–H groups in total. The first-order valence-corrected chi connectivity index (χ1v) is 7.96. The van der Waals surface area contributed by atoms with Gasteiger partial charge in [-0.2, -0.15) is 10.4 Å². The molecule has 0 aliphatic carbocycles. The molecule has 1 fully saturated rings. The zero-order valence-electron chi connectivity index (χ0n) is 11.0. The molecule has 102 valence electrons. The third-order valence-electron chi connectivity index (χ3n) is 3.37. The Kier molecular flexibility index (Phi) is 3.71. The van der Waals surface area contributed by atoms with Crippen LogP contribution in [0.3, 0.4) is 0 Å². The van der Waals surface area contributed by atoms with Gasteiger partial charge >= 0.3 is 0 Å². The van der Waals surface area contributed by atoms with E-state index in [1.54, 1.807) is 6.92 Å². The third-order valence-corrected chi connectivity index (χ3v) is 5.19. The summed E-state index contributed by atoms with van der Waals surface area (Å²) < 4.78 is 23.2. The lowest BCUT2D eigenvalue weighted by Gasteiger charge is -2.23. The zero-order valence-corrected chi connectivity index (χ0v) is 11.8. The molecule has 0 spiro atoms. The maximum absolute atomic E-state index is 11.6. The number of nitrogens with zero attached hydrogens (tertiary/aromatic N) is 3. The molecule has 2 rings (SSSR count). The molecule has 1 aromatic heterocycles. The molecular weight excluding hydrogens is 264 g/mol. The van der Waals surface area contributed by atoms with E-state index in [1.165, 1.54) is 0 Å². The number of hydrogen-bond donors (Lipinski definition) is 1. The Labute approximate surface area is 112 Å². The van der Waals surface area contributed by atoms with E-state index in [1.807, 2.05) is 6.92 Å². The largest absolute Gasteiger partial charge is 0.364 e. The molecule has 1 aliphatic rings. The van der Waals surface area contributed by atoms with E-state index >= 15 is 0 Å². The molecule has 0 amide bonds. The van der Waals surface area contributed by atoms with Crippen molar-refractivity contribution in [1.29, 1.82) is 5.26 Å². The minimum Gasteiger partial charge on any atom is -0.364 e. The predicted octanol–water partition coefficient (Wildman–Crippen LogP) is 0.954. The van der Waals surface area contributed by atoms with E-state index in [0.717, 1.165) is 12.0 Å². The average molecular weight is 280 g/mol. The Morgan fingerprint density at radius 1 is 1.37 bits per heavy atom. The minimum absolute atomic E-state index is 0.0898. The fraction of sp³-hybridized carbons (Fsp3) is 0.583. The second-order valence-electron chi connectivity index (χ2n) is 4.84. The highest BCUT2D eigenvalue weighted by Crippen LogP contribution is 2.21. The molecule has 1 aliphatic heterocycles. The van der Waals surface area contributed by atoms with Gasteiger partial charge in [0.25, 0.3) is 0 Å². The van der Waals surface area contributed by atoms with Crippen molar-refractivity contribution in [3.05, 3.63) is 16.8 Å².